The molecule has 3 N–H and O–H groups in total. The van der Waals surface area contributed by atoms with Crippen molar-refractivity contribution in [3.05, 3.63) is 52.8 Å². The van der Waals surface area contributed by atoms with Gasteiger partial charge in [0, 0.05) is 17.3 Å². The van der Waals surface area contributed by atoms with Crippen LogP contribution in [0.4, 0.5) is 15.8 Å². The summed E-state index contributed by atoms with van der Waals surface area (Å²) in [4.78, 5) is 0.156. The molecule has 0 unspecified atom stereocenters. The van der Waals surface area contributed by atoms with Crippen LogP contribution in [0.15, 0.2) is 36.4 Å². The maximum absolute atomic E-state index is 13.9. The summed E-state index contributed by atoms with van der Waals surface area (Å²) in [5, 5.41) is 3.43. The Labute approximate surface area is 126 Å². The zero-order chi connectivity index (χ0) is 14.7. The Morgan fingerprint density at radius 1 is 1.30 bits per heavy atom. The van der Waals surface area contributed by atoms with Crippen molar-refractivity contribution in [3.8, 4) is 5.75 Å². The molecule has 0 spiro atoms. The molecule has 0 amide bonds. The number of hydrogen-bond acceptors (Lipinski definition) is 3. The highest BCUT2D eigenvalue weighted by molar-refractivity contribution is 7.80. The minimum atomic E-state index is -0.441. The third-order valence-corrected chi connectivity index (χ3v) is 3.23. The van der Waals surface area contributed by atoms with Gasteiger partial charge in [-0.05, 0) is 30.3 Å². The summed E-state index contributed by atoms with van der Waals surface area (Å²) in [6, 6.07) is 9.60. The maximum atomic E-state index is 13.9. The molecule has 2 aromatic rings. The van der Waals surface area contributed by atoms with Crippen molar-refractivity contribution in [2.24, 2.45) is 5.73 Å². The van der Waals surface area contributed by atoms with E-state index in [9.17, 15) is 4.39 Å². The summed E-state index contributed by atoms with van der Waals surface area (Å²) in [5.41, 5.74) is 6.91. The van der Waals surface area contributed by atoms with Gasteiger partial charge in [0.25, 0.3) is 0 Å². The van der Waals surface area contributed by atoms with Crippen molar-refractivity contribution in [1.82, 2.24) is 0 Å². The van der Waals surface area contributed by atoms with Gasteiger partial charge in [0.2, 0.25) is 0 Å². The molecular weight excluding hydrogens is 299 g/mol. The molecule has 104 valence electrons. The van der Waals surface area contributed by atoms with E-state index in [0.717, 1.165) is 0 Å². The second kappa shape index (κ2) is 6.07. The van der Waals surface area contributed by atoms with Crippen molar-refractivity contribution in [1.29, 1.82) is 0 Å². The molecule has 0 aliphatic carbocycles. The minimum Gasteiger partial charge on any atom is -0.495 e. The second-order valence-electron chi connectivity index (χ2n) is 4.03. The van der Waals surface area contributed by atoms with Gasteiger partial charge in [-0.15, -0.1) is 0 Å². The van der Waals surface area contributed by atoms with E-state index in [4.69, 9.17) is 34.3 Å². The van der Waals surface area contributed by atoms with Crippen LogP contribution < -0.4 is 15.8 Å². The van der Waals surface area contributed by atoms with Crippen LogP contribution in [0.5, 0.6) is 5.75 Å². The quantitative estimate of drug-likeness (QED) is 0.842. The second-order valence-corrected chi connectivity index (χ2v) is 4.88. The standard InChI is InChI=1S/C14H12ClFN2OS/c1-19-13-7-9(3-4-10(13)15)18-12-5-2-8(14(17)20)6-11(12)16/h2-7,18H,1H3,(H2,17,20). The molecule has 0 aliphatic rings. The number of hydrogen-bond donors (Lipinski definition) is 2. The summed E-state index contributed by atoms with van der Waals surface area (Å²) in [6.45, 7) is 0. The molecule has 3 nitrogen and oxygen atoms in total. The van der Waals surface area contributed by atoms with Crippen molar-refractivity contribution < 1.29 is 9.13 Å². The summed E-state index contributed by atoms with van der Waals surface area (Å²) < 4.78 is 19.0. The number of thiocarbonyl (C=S) groups is 1. The maximum Gasteiger partial charge on any atom is 0.147 e. The predicted octanol–water partition coefficient (Wildman–Crippen LogP) is 3.87. The number of rotatable bonds is 4. The van der Waals surface area contributed by atoms with Crippen LogP contribution in [0.25, 0.3) is 0 Å². The van der Waals surface area contributed by atoms with Crippen molar-refractivity contribution in [2.45, 2.75) is 0 Å². The van der Waals surface area contributed by atoms with E-state index < -0.39 is 5.82 Å². The molecule has 2 rings (SSSR count). The first-order valence-corrected chi connectivity index (χ1v) is 6.50. The number of nitrogens with two attached hydrogens (primary N) is 1. The third-order valence-electron chi connectivity index (χ3n) is 2.68. The van der Waals surface area contributed by atoms with Crippen LogP contribution >= 0.6 is 23.8 Å². The van der Waals surface area contributed by atoms with Crippen molar-refractivity contribution in [3.63, 3.8) is 0 Å². The number of halogens is 2. The molecular formula is C14H12ClFN2OS. The van der Waals surface area contributed by atoms with Crippen molar-refractivity contribution >= 4 is 40.2 Å². The molecule has 20 heavy (non-hydrogen) atoms. The summed E-state index contributed by atoms with van der Waals surface area (Å²) >= 11 is 10.7. The Bertz CT molecular complexity index is 664. The van der Waals surface area contributed by atoms with Crippen LogP contribution in [0.1, 0.15) is 5.56 Å². The third kappa shape index (κ3) is 3.18. The molecule has 2 aromatic carbocycles. The highest BCUT2D eigenvalue weighted by Gasteiger charge is 2.07. The Morgan fingerprint density at radius 3 is 2.65 bits per heavy atom. The smallest absolute Gasteiger partial charge is 0.147 e. The molecule has 0 bridgehead atoms. The van der Waals surface area contributed by atoms with E-state index in [1.54, 1.807) is 30.3 Å². The highest BCUT2D eigenvalue weighted by Crippen LogP contribution is 2.29. The first-order chi connectivity index (χ1) is 9.51. The molecule has 0 radical (unpaired) electrons. The zero-order valence-corrected chi connectivity index (χ0v) is 12.2. The fraction of sp³-hybridized carbons (Fsp3) is 0.0714. The van der Waals surface area contributed by atoms with E-state index in [0.29, 0.717) is 27.7 Å². The van der Waals surface area contributed by atoms with Gasteiger partial charge < -0.3 is 15.8 Å². The van der Waals surface area contributed by atoms with Crippen LogP contribution in [0, 0.1) is 5.82 Å². The Morgan fingerprint density at radius 2 is 2.05 bits per heavy atom. The Balaban J connectivity index is 2.28. The van der Waals surface area contributed by atoms with E-state index in [1.165, 1.54) is 13.2 Å². The number of anilines is 2. The van der Waals surface area contributed by atoms with Gasteiger partial charge in [-0.3, -0.25) is 0 Å². The monoisotopic (exact) mass is 310 g/mol. The lowest BCUT2D eigenvalue weighted by Crippen LogP contribution is -2.09. The van der Waals surface area contributed by atoms with Crippen LogP contribution in [-0.2, 0) is 0 Å². The van der Waals surface area contributed by atoms with Crippen LogP contribution in [0.3, 0.4) is 0 Å². The first-order valence-electron chi connectivity index (χ1n) is 5.71. The summed E-state index contributed by atoms with van der Waals surface area (Å²) in [6.07, 6.45) is 0. The molecule has 0 fully saturated rings. The molecule has 0 saturated carbocycles. The summed E-state index contributed by atoms with van der Waals surface area (Å²) in [7, 11) is 1.52. The lowest BCUT2D eigenvalue weighted by molar-refractivity contribution is 0.415. The zero-order valence-electron chi connectivity index (χ0n) is 10.6. The average Bonchev–Trinajstić information content (AvgIpc) is 2.42. The van der Waals surface area contributed by atoms with Gasteiger partial charge in [-0.25, -0.2) is 4.39 Å². The molecule has 0 aromatic heterocycles. The Kier molecular flexibility index (Phi) is 4.42. The summed E-state index contributed by atoms with van der Waals surface area (Å²) in [5.74, 6) is 0.0704. The molecule has 0 aliphatic heterocycles. The van der Waals surface area contributed by atoms with E-state index in [1.807, 2.05) is 0 Å². The van der Waals surface area contributed by atoms with Crippen LogP contribution in [0.2, 0.25) is 5.02 Å². The van der Waals surface area contributed by atoms with Gasteiger partial charge in [0.05, 0.1) is 17.8 Å². The predicted molar refractivity (Wildman–Crippen MR) is 83.6 cm³/mol. The van der Waals surface area contributed by atoms with E-state index >= 15 is 0 Å². The molecule has 0 saturated heterocycles. The van der Waals surface area contributed by atoms with Gasteiger partial charge in [0.15, 0.2) is 0 Å². The average molecular weight is 311 g/mol. The normalized spacial score (nSPS) is 10.2. The van der Waals surface area contributed by atoms with Gasteiger partial charge in [0.1, 0.15) is 16.6 Å². The fourth-order valence-electron chi connectivity index (χ4n) is 1.66. The number of ether oxygens (including phenoxy) is 1. The van der Waals surface area contributed by atoms with Gasteiger partial charge >= 0.3 is 0 Å². The topological polar surface area (TPSA) is 47.3 Å². The van der Waals surface area contributed by atoms with Gasteiger partial charge in [-0.1, -0.05) is 23.8 Å². The molecule has 6 heteroatoms. The van der Waals surface area contributed by atoms with Gasteiger partial charge in [-0.2, -0.15) is 0 Å². The number of benzene rings is 2. The van der Waals surface area contributed by atoms with E-state index in [2.05, 4.69) is 5.32 Å². The highest BCUT2D eigenvalue weighted by atomic mass is 35.5. The molecule has 0 atom stereocenters. The first kappa shape index (κ1) is 14.6. The largest absolute Gasteiger partial charge is 0.495 e. The fourth-order valence-corrected chi connectivity index (χ4v) is 1.98. The van der Waals surface area contributed by atoms with Crippen LogP contribution in [-0.4, -0.2) is 12.1 Å². The van der Waals surface area contributed by atoms with E-state index in [-0.39, 0.29) is 4.99 Å². The Hall–Kier alpha value is -1.85. The minimum absolute atomic E-state index is 0.156. The molecule has 0 heterocycles. The SMILES string of the molecule is COc1cc(Nc2ccc(C(N)=S)cc2F)ccc1Cl. The lowest BCUT2D eigenvalue weighted by atomic mass is 10.2. The lowest BCUT2D eigenvalue weighted by Gasteiger charge is -2.11. The number of methoxy groups -OCH3 is 1. The number of nitrogens with one attached hydrogen (secondary N) is 1. The van der Waals surface area contributed by atoms with Crippen molar-refractivity contribution in [2.75, 3.05) is 12.4 Å².